The van der Waals surface area contributed by atoms with Gasteiger partial charge in [0.2, 0.25) is 0 Å². The van der Waals surface area contributed by atoms with Gasteiger partial charge in [0.15, 0.2) is 5.96 Å². The molecule has 0 saturated carbocycles. The van der Waals surface area contributed by atoms with Crippen LogP contribution in [-0.2, 0) is 9.47 Å². The Labute approximate surface area is 197 Å². The molecule has 2 atom stereocenters. The highest BCUT2D eigenvalue weighted by atomic mass is 127. The Hall–Kier alpha value is -0.420. The van der Waals surface area contributed by atoms with Crippen molar-refractivity contribution < 1.29 is 9.47 Å². The quantitative estimate of drug-likeness (QED) is 0.215. The third-order valence-electron chi connectivity index (χ3n) is 5.57. The first-order chi connectivity index (χ1) is 13.8. The molecule has 3 heterocycles. The minimum absolute atomic E-state index is 0. The van der Waals surface area contributed by atoms with Gasteiger partial charge in [0.05, 0.1) is 32.4 Å². The van der Waals surface area contributed by atoms with Gasteiger partial charge in [-0.2, -0.15) is 0 Å². The number of methoxy groups -OCH3 is 1. The molecule has 0 spiro atoms. The summed E-state index contributed by atoms with van der Waals surface area (Å²) in [4.78, 5) is 11.5. The minimum Gasteiger partial charge on any atom is -0.382 e. The van der Waals surface area contributed by atoms with Crippen LogP contribution in [0.4, 0.5) is 0 Å². The van der Waals surface area contributed by atoms with Crippen molar-refractivity contribution in [3.8, 4) is 0 Å². The van der Waals surface area contributed by atoms with Crippen molar-refractivity contribution in [1.82, 2.24) is 15.1 Å². The van der Waals surface area contributed by atoms with Crippen LogP contribution in [0.15, 0.2) is 22.5 Å². The van der Waals surface area contributed by atoms with E-state index in [2.05, 4.69) is 39.6 Å². The molecule has 2 saturated heterocycles. The molecular weight excluding hydrogens is 499 g/mol. The van der Waals surface area contributed by atoms with Crippen molar-refractivity contribution >= 4 is 41.3 Å². The van der Waals surface area contributed by atoms with Crippen LogP contribution < -0.4 is 5.32 Å². The standard InChI is InChI=1S/C21H36N4O2S.HI/c1-3-22-21(25-11-8-18(16-25)17-27-13-12-26-2)23-15-19(20-7-6-14-28-20)24-9-4-5-10-24;/h6-7,14,18-19H,3-5,8-13,15-17H2,1-2H3,(H,22,23);1H. The van der Waals surface area contributed by atoms with Gasteiger partial charge in [0.1, 0.15) is 0 Å². The van der Waals surface area contributed by atoms with E-state index in [1.54, 1.807) is 7.11 Å². The number of ether oxygens (including phenoxy) is 2. The SMILES string of the molecule is CCNC(=NCC(c1cccs1)N1CCCC1)N1CCC(COCCOC)C1.I. The van der Waals surface area contributed by atoms with Crippen LogP contribution in [0.1, 0.15) is 37.1 Å². The van der Waals surface area contributed by atoms with E-state index in [1.807, 2.05) is 11.3 Å². The number of hydrogen-bond donors (Lipinski definition) is 1. The summed E-state index contributed by atoms with van der Waals surface area (Å²) in [6.07, 6.45) is 3.78. The molecule has 1 N–H and O–H groups in total. The molecule has 0 amide bonds. The number of hydrogen-bond acceptors (Lipinski definition) is 5. The summed E-state index contributed by atoms with van der Waals surface area (Å²) in [6.45, 7) is 10.5. The number of nitrogens with one attached hydrogen (secondary N) is 1. The van der Waals surface area contributed by atoms with Gasteiger partial charge >= 0.3 is 0 Å². The van der Waals surface area contributed by atoms with Gasteiger partial charge in [-0.1, -0.05) is 6.07 Å². The Morgan fingerprint density at radius 3 is 2.83 bits per heavy atom. The van der Waals surface area contributed by atoms with Crippen LogP contribution in [0, 0.1) is 5.92 Å². The van der Waals surface area contributed by atoms with Crippen LogP contribution in [-0.4, -0.2) is 82.0 Å². The predicted octanol–water partition coefficient (Wildman–Crippen LogP) is 3.45. The fourth-order valence-electron chi connectivity index (χ4n) is 4.07. The third kappa shape index (κ3) is 7.65. The van der Waals surface area contributed by atoms with E-state index in [0.29, 0.717) is 25.2 Å². The van der Waals surface area contributed by atoms with Crippen molar-refractivity contribution in [3.63, 3.8) is 0 Å². The summed E-state index contributed by atoms with van der Waals surface area (Å²) in [5.74, 6) is 1.63. The lowest BCUT2D eigenvalue weighted by atomic mass is 10.1. The molecule has 1 aromatic heterocycles. The average Bonchev–Trinajstić information content (AvgIpc) is 3.48. The Kier molecular flexibility index (Phi) is 11.8. The monoisotopic (exact) mass is 536 g/mol. The molecular formula is C21H37IN4O2S. The molecule has 0 aromatic carbocycles. The molecule has 2 fully saturated rings. The van der Waals surface area contributed by atoms with Crippen LogP contribution in [0.25, 0.3) is 0 Å². The normalized spacial score (nSPS) is 21.4. The van der Waals surface area contributed by atoms with Gasteiger partial charge in [-0.05, 0) is 50.7 Å². The first-order valence-electron chi connectivity index (χ1n) is 10.7. The lowest BCUT2D eigenvalue weighted by Gasteiger charge is -2.27. The maximum absolute atomic E-state index is 5.74. The van der Waals surface area contributed by atoms with E-state index >= 15 is 0 Å². The summed E-state index contributed by atoms with van der Waals surface area (Å²) >= 11 is 1.86. The molecule has 1 aromatic rings. The van der Waals surface area contributed by atoms with Gasteiger partial charge in [-0.15, -0.1) is 35.3 Å². The highest BCUT2D eigenvalue weighted by Crippen LogP contribution is 2.29. The van der Waals surface area contributed by atoms with Crippen molar-refractivity contribution in [2.24, 2.45) is 10.9 Å². The molecule has 6 nitrogen and oxygen atoms in total. The number of likely N-dealkylation sites (tertiary alicyclic amines) is 2. The number of halogens is 1. The lowest BCUT2D eigenvalue weighted by molar-refractivity contribution is 0.0536. The van der Waals surface area contributed by atoms with Gasteiger partial charge in [0, 0.05) is 37.5 Å². The Balaban J connectivity index is 0.00000300. The van der Waals surface area contributed by atoms with E-state index in [0.717, 1.165) is 45.2 Å². The summed E-state index contributed by atoms with van der Waals surface area (Å²) in [7, 11) is 1.71. The average molecular weight is 537 g/mol. The van der Waals surface area contributed by atoms with Crippen molar-refractivity contribution in [3.05, 3.63) is 22.4 Å². The zero-order chi connectivity index (χ0) is 19.6. The van der Waals surface area contributed by atoms with E-state index in [1.165, 1.54) is 30.8 Å². The van der Waals surface area contributed by atoms with Crippen molar-refractivity contribution in [1.29, 1.82) is 0 Å². The zero-order valence-corrected chi connectivity index (χ0v) is 21.0. The Morgan fingerprint density at radius 1 is 1.31 bits per heavy atom. The van der Waals surface area contributed by atoms with Crippen LogP contribution >= 0.6 is 35.3 Å². The molecule has 2 aliphatic rings. The van der Waals surface area contributed by atoms with Gasteiger partial charge in [0.25, 0.3) is 0 Å². The Bertz CT molecular complexity index is 581. The zero-order valence-electron chi connectivity index (χ0n) is 17.8. The molecule has 0 bridgehead atoms. The third-order valence-corrected chi connectivity index (χ3v) is 6.55. The molecule has 2 aliphatic heterocycles. The van der Waals surface area contributed by atoms with Crippen LogP contribution in [0.5, 0.6) is 0 Å². The second kappa shape index (κ2) is 13.8. The second-order valence-corrected chi connectivity index (χ2v) is 8.62. The molecule has 29 heavy (non-hydrogen) atoms. The van der Waals surface area contributed by atoms with E-state index in [-0.39, 0.29) is 24.0 Å². The van der Waals surface area contributed by atoms with Gasteiger partial charge in [-0.25, -0.2) is 0 Å². The van der Waals surface area contributed by atoms with E-state index in [4.69, 9.17) is 14.5 Å². The van der Waals surface area contributed by atoms with Crippen LogP contribution in [0.3, 0.4) is 0 Å². The molecule has 2 unspecified atom stereocenters. The van der Waals surface area contributed by atoms with Gasteiger partial charge in [-0.3, -0.25) is 9.89 Å². The number of guanidine groups is 1. The summed E-state index contributed by atoms with van der Waals surface area (Å²) in [5.41, 5.74) is 0. The summed E-state index contributed by atoms with van der Waals surface area (Å²) in [6, 6.07) is 4.83. The maximum Gasteiger partial charge on any atom is 0.193 e. The lowest BCUT2D eigenvalue weighted by Crippen LogP contribution is -2.41. The highest BCUT2D eigenvalue weighted by Gasteiger charge is 2.27. The smallest absolute Gasteiger partial charge is 0.193 e. The fraction of sp³-hybridized carbons (Fsp3) is 0.762. The maximum atomic E-state index is 5.74. The van der Waals surface area contributed by atoms with E-state index < -0.39 is 0 Å². The molecule has 166 valence electrons. The topological polar surface area (TPSA) is 49.3 Å². The molecule has 0 aliphatic carbocycles. The second-order valence-electron chi connectivity index (χ2n) is 7.64. The number of aliphatic imine (C=N–C) groups is 1. The highest BCUT2D eigenvalue weighted by molar-refractivity contribution is 14.0. The fourth-order valence-corrected chi connectivity index (χ4v) is 4.92. The van der Waals surface area contributed by atoms with Crippen molar-refractivity contribution in [2.75, 3.05) is 66.2 Å². The predicted molar refractivity (Wildman–Crippen MR) is 132 cm³/mol. The first kappa shape index (κ1) is 24.8. The molecule has 0 radical (unpaired) electrons. The van der Waals surface area contributed by atoms with Crippen molar-refractivity contribution in [2.45, 2.75) is 32.2 Å². The summed E-state index contributed by atoms with van der Waals surface area (Å²) < 4.78 is 10.8. The summed E-state index contributed by atoms with van der Waals surface area (Å²) in [5, 5.41) is 5.70. The molecule has 8 heteroatoms. The largest absolute Gasteiger partial charge is 0.382 e. The van der Waals surface area contributed by atoms with E-state index in [9.17, 15) is 0 Å². The minimum atomic E-state index is 0. The molecule has 3 rings (SSSR count). The number of thiophene rings is 1. The number of rotatable bonds is 10. The Morgan fingerprint density at radius 2 is 2.14 bits per heavy atom. The van der Waals surface area contributed by atoms with Crippen LogP contribution in [0.2, 0.25) is 0 Å². The first-order valence-corrected chi connectivity index (χ1v) is 11.6. The number of nitrogens with zero attached hydrogens (tertiary/aromatic N) is 3. The van der Waals surface area contributed by atoms with Gasteiger partial charge < -0.3 is 19.7 Å².